The second kappa shape index (κ2) is 9.38. The molecule has 1 unspecified atom stereocenters. The summed E-state index contributed by atoms with van der Waals surface area (Å²) in [6.45, 7) is 4.42. The minimum atomic E-state index is -0.997. The van der Waals surface area contributed by atoms with Crippen LogP contribution in [0.25, 0.3) is 11.1 Å². The van der Waals surface area contributed by atoms with Crippen molar-refractivity contribution < 1.29 is 9.90 Å². The average molecular weight is 339 g/mol. The van der Waals surface area contributed by atoms with Crippen LogP contribution < -0.4 is 5.32 Å². The van der Waals surface area contributed by atoms with Gasteiger partial charge in [0.25, 0.3) is 0 Å². The highest BCUT2D eigenvalue weighted by atomic mass is 16.3. The summed E-state index contributed by atoms with van der Waals surface area (Å²) in [5.41, 5.74) is 2.01. The molecule has 0 saturated heterocycles. The average Bonchev–Trinajstić information content (AvgIpc) is 2.62. The number of hydrogen-bond donors (Lipinski definition) is 2. The predicted octanol–water partition coefficient (Wildman–Crippen LogP) is 4.65. The lowest BCUT2D eigenvalue weighted by Crippen LogP contribution is -2.31. The number of benzene rings is 2. The van der Waals surface area contributed by atoms with Crippen LogP contribution in [0, 0.1) is 0 Å². The minimum Gasteiger partial charge on any atom is -0.385 e. The Morgan fingerprint density at radius 3 is 2.44 bits per heavy atom. The molecule has 0 aliphatic heterocycles. The first kappa shape index (κ1) is 19.2. The van der Waals surface area contributed by atoms with E-state index in [1.165, 1.54) is 0 Å². The second-order valence-corrected chi connectivity index (χ2v) is 6.74. The molecule has 2 rings (SSSR count). The summed E-state index contributed by atoms with van der Waals surface area (Å²) >= 11 is 0. The molecule has 2 aromatic rings. The smallest absolute Gasteiger partial charge is 0.219 e. The third-order valence-corrected chi connectivity index (χ3v) is 4.53. The summed E-state index contributed by atoms with van der Waals surface area (Å²) in [4.78, 5) is 11.8. The van der Waals surface area contributed by atoms with Gasteiger partial charge in [-0.15, -0.1) is 0 Å². The van der Waals surface area contributed by atoms with Crippen LogP contribution in [0.15, 0.2) is 54.6 Å². The molecule has 0 radical (unpaired) electrons. The Labute approximate surface area is 151 Å². The largest absolute Gasteiger partial charge is 0.385 e. The summed E-state index contributed by atoms with van der Waals surface area (Å²) in [6.07, 6.45) is 4.16. The number of rotatable bonds is 9. The van der Waals surface area contributed by atoms with Gasteiger partial charge >= 0.3 is 0 Å². The molecule has 3 heteroatoms. The number of unbranched alkanes of at least 4 members (excludes halogenated alkanes) is 2. The molecule has 1 atom stereocenters. The van der Waals surface area contributed by atoms with Gasteiger partial charge in [0, 0.05) is 13.0 Å². The number of hydrogen-bond acceptors (Lipinski definition) is 2. The van der Waals surface area contributed by atoms with Crippen molar-refractivity contribution in [3.8, 4) is 11.1 Å². The van der Waals surface area contributed by atoms with E-state index >= 15 is 0 Å². The van der Waals surface area contributed by atoms with Crippen molar-refractivity contribution >= 4 is 5.91 Å². The first-order valence-electron chi connectivity index (χ1n) is 9.18. The molecule has 0 heterocycles. The van der Waals surface area contributed by atoms with E-state index in [1.54, 1.807) is 0 Å². The van der Waals surface area contributed by atoms with Crippen LogP contribution in [0.4, 0.5) is 0 Å². The van der Waals surface area contributed by atoms with Crippen molar-refractivity contribution in [3.05, 3.63) is 60.2 Å². The molecular formula is C22H29NO2. The first-order valence-corrected chi connectivity index (χ1v) is 9.18. The third kappa shape index (κ3) is 5.71. The Bertz CT molecular complexity index is 665. The van der Waals surface area contributed by atoms with Crippen LogP contribution in [-0.4, -0.2) is 17.6 Å². The highest BCUT2D eigenvalue weighted by Gasteiger charge is 2.26. The van der Waals surface area contributed by atoms with Crippen molar-refractivity contribution in [2.75, 3.05) is 6.54 Å². The zero-order chi connectivity index (χ0) is 18.1. The summed E-state index contributed by atoms with van der Waals surface area (Å²) in [5.74, 6) is 0.0700. The quantitative estimate of drug-likeness (QED) is 0.654. The topological polar surface area (TPSA) is 49.3 Å². The number of amides is 1. The SMILES string of the molecule is CCCCCC(=O)NCCC(C)(O)c1ccccc1-c1ccccc1. The monoisotopic (exact) mass is 339 g/mol. The van der Waals surface area contributed by atoms with Gasteiger partial charge in [-0.3, -0.25) is 4.79 Å². The van der Waals surface area contributed by atoms with Crippen molar-refractivity contribution in [1.29, 1.82) is 0 Å². The minimum absolute atomic E-state index is 0.0700. The first-order chi connectivity index (χ1) is 12.0. The lowest BCUT2D eigenvalue weighted by molar-refractivity contribution is -0.121. The standard InChI is InChI=1S/C22H29NO2/c1-3-4-6-15-21(24)23-17-16-22(2,25)20-14-10-9-13-19(20)18-11-7-5-8-12-18/h5,7-14,25H,3-4,6,15-17H2,1-2H3,(H,23,24). The Morgan fingerprint density at radius 2 is 1.72 bits per heavy atom. The van der Waals surface area contributed by atoms with Crippen molar-refractivity contribution in [1.82, 2.24) is 5.32 Å². The van der Waals surface area contributed by atoms with Crippen LogP contribution >= 0.6 is 0 Å². The maximum Gasteiger partial charge on any atom is 0.219 e. The van der Waals surface area contributed by atoms with Gasteiger partial charge in [0.1, 0.15) is 0 Å². The second-order valence-electron chi connectivity index (χ2n) is 6.74. The van der Waals surface area contributed by atoms with E-state index in [-0.39, 0.29) is 5.91 Å². The van der Waals surface area contributed by atoms with E-state index in [0.29, 0.717) is 19.4 Å². The fourth-order valence-electron chi connectivity index (χ4n) is 3.03. The molecule has 0 saturated carbocycles. The molecule has 25 heavy (non-hydrogen) atoms. The number of carbonyl (C=O) groups is 1. The Kier molecular flexibility index (Phi) is 7.20. The molecule has 2 N–H and O–H groups in total. The van der Waals surface area contributed by atoms with Crippen molar-refractivity contribution in [3.63, 3.8) is 0 Å². The Balaban J connectivity index is 2.01. The van der Waals surface area contributed by atoms with Gasteiger partial charge in [0.15, 0.2) is 0 Å². The van der Waals surface area contributed by atoms with E-state index in [9.17, 15) is 9.90 Å². The zero-order valence-corrected chi connectivity index (χ0v) is 15.3. The maximum absolute atomic E-state index is 11.8. The highest BCUT2D eigenvalue weighted by molar-refractivity contribution is 5.75. The maximum atomic E-state index is 11.8. The highest BCUT2D eigenvalue weighted by Crippen LogP contribution is 2.33. The number of aliphatic hydroxyl groups is 1. The molecule has 0 aliphatic rings. The van der Waals surface area contributed by atoms with Gasteiger partial charge in [-0.25, -0.2) is 0 Å². The molecule has 3 nitrogen and oxygen atoms in total. The van der Waals surface area contributed by atoms with E-state index in [1.807, 2.05) is 61.5 Å². The van der Waals surface area contributed by atoms with Crippen LogP contribution in [-0.2, 0) is 10.4 Å². The van der Waals surface area contributed by atoms with E-state index in [2.05, 4.69) is 12.2 Å². The number of nitrogens with one attached hydrogen (secondary N) is 1. The van der Waals surface area contributed by atoms with Crippen molar-refractivity contribution in [2.24, 2.45) is 0 Å². The lowest BCUT2D eigenvalue weighted by Gasteiger charge is -2.27. The summed E-state index contributed by atoms with van der Waals surface area (Å²) < 4.78 is 0. The lowest BCUT2D eigenvalue weighted by atomic mass is 9.86. The normalized spacial score (nSPS) is 13.2. The van der Waals surface area contributed by atoms with Crippen LogP contribution in [0.1, 0.15) is 51.5 Å². The van der Waals surface area contributed by atoms with Gasteiger partial charge in [-0.2, -0.15) is 0 Å². The molecule has 1 amide bonds. The molecule has 0 spiro atoms. The van der Waals surface area contributed by atoms with Gasteiger partial charge in [0.05, 0.1) is 5.60 Å². The molecule has 2 aromatic carbocycles. The van der Waals surface area contributed by atoms with Crippen molar-refractivity contribution in [2.45, 2.75) is 51.6 Å². The van der Waals surface area contributed by atoms with E-state index in [0.717, 1.165) is 36.0 Å². The van der Waals surface area contributed by atoms with E-state index in [4.69, 9.17) is 0 Å². The predicted molar refractivity (Wildman–Crippen MR) is 103 cm³/mol. The summed E-state index contributed by atoms with van der Waals surface area (Å²) in [7, 11) is 0. The Hall–Kier alpha value is -2.13. The third-order valence-electron chi connectivity index (χ3n) is 4.53. The van der Waals surface area contributed by atoms with Gasteiger partial charge < -0.3 is 10.4 Å². The zero-order valence-electron chi connectivity index (χ0n) is 15.3. The molecule has 0 aliphatic carbocycles. The Morgan fingerprint density at radius 1 is 1.04 bits per heavy atom. The molecule has 0 fully saturated rings. The van der Waals surface area contributed by atoms with Crippen LogP contribution in [0.2, 0.25) is 0 Å². The summed E-state index contributed by atoms with van der Waals surface area (Å²) in [6, 6.07) is 18.0. The molecule has 0 bridgehead atoms. The van der Waals surface area contributed by atoms with Crippen LogP contribution in [0.3, 0.4) is 0 Å². The fraction of sp³-hybridized carbons (Fsp3) is 0.409. The van der Waals surface area contributed by atoms with Gasteiger partial charge in [0.2, 0.25) is 5.91 Å². The van der Waals surface area contributed by atoms with E-state index < -0.39 is 5.60 Å². The summed E-state index contributed by atoms with van der Waals surface area (Å²) in [5, 5.41) is 13.9. The van der Waals surface area contributed by atoms with Gasteiger partial charge in [-0.1, -0.05) is 74.4 Å². The molecule has 0 aromatic heterocycles. The number of carbonyl (C=O) groups excluding carboxylic acids is 1. The van der Waals surface area contributed by atoms with Gasteiger partial charge in [-0.05, 0) is 36.5 Å². The molecular weight excluding hydrogens is 310 g/mol. The van der Waals surface area contributed by atoms with Crippen LogP contribution in [0.5, 0.6) is 0 Å². The fourth-order valence-corrected chi connectivity index (χ4v) is 3.03. The molecule has 134 valence electrons.